The van der Waals surface area contributed by atoms with Crippen molar-refractivity contribution >= 4 is 52.9 Å². The quantitative estimate of drug-likeness (QED) is 0.351. The molecule has 2 bridgehead atoms. The first-order valence-corrected chi connectivity index (χ1v) is 8.98. The van der Waals surface area contributed by atoms with Gasteiger partial charge < -0.3 is 20.5 Å². The summed E-state index contributed by atoms with van der Waals surface area (Å²) < 4.78 is 6.54. The van der Waals surface area contributed by atoms with E-state index in [0.29, 0.717) is 29.1 Å². The maximum absolute atomic E-state index is 10.2. The van der Waals surface area contributed by atoms with Crippen LogP contribution in [0.2, 0.25) is 4.34 Å². The number of aliphatic imine (C=N–C) groups is 1. The maximum Gasteiger partial charge on any atom is 0.191 e. The number of thiophene rings is 1. The molecule has 2 aliphatic rings. The Morgan fingerprint density at radius 3 is 2.91 bits per heavy atom. The van der Waals surface area contributed by atoms with Gasteiger partial charge in [-0.2, -0.15) is 0 Å². The summed E-state index contributed by atoms with van der Waals surface area (Å²) in [6.07, 6.45) is 3.42. The Hall–Kier alpha value is -0.0900. The van der Waals surface area contributed by atoms with Crippen molar-refractivity contribution in [3.05, 3.63) is 21.3 Å². The smallest absolute Gasteiger partial charge is 0.191 e. The zero-order valence-electron chi connectivity index (χ0n) is 13.0. The molecule has 23 heavy (non-hydrogen) atoms. The number of hydrogen-bond donors (Lipinski definition) is 3. The van der Waals surface area contributed by atoms with Crippen molar-refractivity contribution < 1.29 is 9.84 Å². The van der Waals surface area contributed by atoms with Crippen molar-refractivity contribution in [2.45, 2.75) is 50.5 Å². The first-order chi connectivity index (χ1) is 10.7. The summed E-state index contributed by atoms with van der Waals surface area (Å²) in [4.78, 5) is 5.34. The minimum Gasteiger partial charge on any atom is -0.386 e. The zero-order chi connectivity index (χ0) is 15.5. The SMILES string of the molecule is CCNC(=NCC(O)c1ccc(Cl)s1)NC1CC2CCC1O2.I. The average molecular weight is 472 g/mol. The van der Waals surface area contributed by atoms with Crippen LogP contribution in [0.25, 0.3) is 0 Å². The normalized spacial score (nSPS) is 27.6. The second-order valence-electron chi connectivity index (χ2n) is 5.74. The van der Waals surface area contributed by atoms with Crippen LogP contribution in [0.15, 0.2) is 17.1 Å². The molecule has 0 radical (unpaired) electrons. The lowest BCUT2D eigenvalue weighted by Gasteiger charge is -2.22. The number of guanidine groups is 1. The molecule has 8 heteroatoms. The number of ether oxygens (including phenoxy) is 1. The molecule has 1 aromatic heterocycles. The van der Waals surface area contributed by atoms with E-state index in [1.54, 1.807) is 6.07 Å². The lowest BCUT2D eigenvalue weighted by Crippen LogP contribution is -2.47. The second kappa shape index (κ2) is 8.84. The Labute approximate surface area is 162 Å². The molecule has 0 spiro atoms. The molecule has 3 heterocycles. The predicted molar refractivity (Wildman–Crippen MR) is 105 cm³/mol. The van der Waals surface area contributed by atoms with Crippen LogP contribution in [-0.4, -0.2) is 42.4 Å². The van der Waals surface area contributed by atoms with Crippen molar-refractivity contribution in [3.63, 3.8) is 0 Å². The van der Waals surface area contributed by atoms with Gasteiger partial charge in [0.25, 0.3) is 0 Å². The summed E-state index contributed by atoms with van der Waals surface area (Å²) in [7, 11) is 0. The number of halogens is 2. The molecule has 0 amide bonds. The first kappa shape index (κ1) is 19.2. The second-order valence-corrected chi connectivity index (χ2v) is 7.48. The summed E-state index contributed by atoms with van der Waals surface area (Å²) in [5.74, 6) is 0.741. The van der Waals surface area contributed by atoms with Gasteiger partial charge in [-0.3, -0.25) is 4.99 Å². The molecule has 2 fully saturated rings. The average Bonchev–Trinajstić information content (AvgIpc) is 3.21. The van der Waals surface area contributed by atoms with E-state index in [9.17, 15) is 5.11 Å². The molecule has 1 aromatic rings. The molecule has 2 saturated heterocycles. The lowest BCUT2D eigenvalue weighted by atomic mass is 9.96. The van der Waals surface area contributed by atoms with Crippen molar-refractivity contribution in [1.29, 1.82) is 0 Å². The predicted octanol–water partition coefficient (Wildman–Crippen LogP) is 2.93. The Kier molecular flexibility index (Phi) is 7.40. The summed E-state index contributed by atoms with van der Waals surface area (Å²) in [5, 5.41) is 16.9. The van der Waals surface area contributed by atoms with Gasteiger partial charge in [0.2, 0.25) is 0 Å². The molecular formula is C15H23ClIN3O2S. The van der Waals surface area contributed by atoms with Crippen LogP contribution >= 0.6 is 46.9 Å². The van der Waals surface area contributed by atoms with E-state index in [4.69, 9.17) is 16.3 Å². The highest BCUT2D eigenvalue weighted by Crippen LogP contribution is 2.34. The van der Waals surface area contributed by atoms with Gasteiger partial charge >= 0.3 is 0 Å². The largest absolute Gasteiger partial charge is 0.386 e. The molecular weight excluding hydrogens is 449 g/mol. The minimum absolute atomic E-state index is 0. The third-order valence-corrected chi connectivity index (χ3v) is 5.45. The number of hydrogen-bond acceptors (Lipinski definition) is 4. The van der Waals surface area contributed by atoms with Gasteiger partial charge in [-0.15, -0.1) is 35.3 Å². The molecule has 130 valence electrons. The number of rotatable bonds is 5. The number of nitrogens with zero attached hydrogens (tertiary/aromatic N) is 1. The van der Waals surface area contributed by atoms with Gasteiger partial charge in [-0.1, -0.05) is 11.6 Å². The molecule has 4 atom stereocenters. The van der Waals surface area contributed by atoms with E-state index in [-0.39, 0.29) is 24.0 Å². The minimum atomic E-state index is -0.621. The molecule has 2 aliphatic heterocycles. The summed E-state index contributed by atoms with van der Waals surface area (Å²) in [6.45, 7) is 3.13. The van der Waals surface area contributed by atoms with Gasteiger partial charge in [0.05, 0.1) is 29.1 Å². The van der Waals surface area contributed by atoms with E-state index in [1.165, 1.54) is 17.8 Å². The van der Waals surface area contributed by atoms with Crippen molar-refractivity contribution in [2.24, 2.45) is 4.99 Å². The van der Waals surface area contributed by atoms with E-state index in [1.807, 2.05) is 13.0 Å². The van der Waals surface area contributed by atoms with Crippen molar-refractivity contribution in [2.75, 3.05) is 13.1 Å². The molecule has 0 aromatic carbocycles. The highest BCUT2D eigenvalue weighted by atomic mass is 127. The van der Waals surface area contributed by atoms with Crippen LogP contribution in [0, 0.1) is 0 Å². The van der Waals surface area contributed by atoms with Gasteiger partial charge in [0.1, 0.15) is 6.10 Å². The van der Waals surface area contributed by atoms with Crippen LogP contribution < -0.4 is 10.6 Å². The number of aliphatic hydroxyl groups is 1. The maximum atomic E-state index is 10.2. The van der Waals surface area contributed by atoms with Gasteiger partial charge in [0, 0.05) is 11.4 Å². The molecule has 0 saturated carbocycles. The van der Waals surface area contributed by atoms with Crippen LogP contribution in [0.3, 0.4) is 0 Å². The molecule has 3 rings (SSSR count). The van der Waals surface area contributed by atoms with Crippen LogP contribution in [0.1, 0.15) is 37.2 Å². The first-order valence-electron chi connectivity index (χ1n) is 7.79. The van der Waals surface area contributed by atoms with Gasteiger partial charge in [-0.25, -0.2) is 0 Å². The highest BCUT2D eigenvalue weighted by molar-refractivity contribution is 14.0. The number of fused-ring (bicyclic) bond motifs is 2. The standard InChI is InChI=1S/C15H22ClN3O2S.HI/c1-2-17-15(19-10-7-9-3-4-12(10)21-9)18-8-11(20)13-5-6-14(16)22-13;/h5-6,9-12,20H,2-4,7-8H2,1H3,(H2,17,18,19);1H. The van der Waals surface area contributed by atoms with E-state index in [0.717, 1.165) is 30.2 Å². The third kappa shape index (κ3) is 4.94. The van der Waals surface area contributed by atoms with Crippen LogP contribution in [0.5, 0.6) is 0 Å². The Morgan fingerprint density at radius 2 is 2.35 bits per heavy atom. The topological polar surface area (TPSA) is 65.9 Å². The van der Waals surface area contributed by atoms with Gasteiger partial charge in [0.15, 0.2) is 5.96 Å². The molecule has 0 aliphatic carbocycles. The Balaban J connectivity index is 0.00000192. The van der Waals surface area contributed by atoms with E-state index in [2.05, 4.69) is 15.6 Å². The van der Waals surface area contributed by atoms with Gasteiger partial charge in [-0.05, 0) is 38.3 Å². The Bertz CT molecular complexity index is 543. The fraction of sp³-hybridized carbons (Fsp3) is 0.667. The van der Waals surface area contributed by atoms with E-state index >= 15 is 0 Å². The van der Waals surface area contributed by atoms with Crippen LogP contribution in [-0.2, 0) is 4.74 Å². The number of aliphatic hydroxyl groups excluding tert-OH is 1. The lowest BCUT2D eigenvalue weighted by molar-refractivity contribution is 0.0992. The fourth-order valence-electron chi connectivity index (χ4n) is 3.06. The third-order valence-electron chi connectivity index (χ3n) is 4.12. The zero-order valence-corrected chi connectivity index (χ0v) is 16.9. The molecule has 4 unspecified atom stereocenters. The molecule has 5 nitrogen and oxygen atoms in total. The summed E-state index contributed by atoms with van der Waals surface area (Å²) >= 11 is 7.29. The Morgan fingerprint density at radius 1 is 1.52 bits per heavy atom. The van der Waals surface area contributed by atoms with Crippen molar-refractivity contribution in [3.8, 4) is 0 Å². The van der Waals surface area contributed by atoms with E-state index < -0.39 is 6.10 Å². The fourth-order valence-corrected chi connectivity index (χ4v) is 4.10. The monoisotopic (exact) mass is 471 g/mol. The summed E-state index contributed by atoms with van der Waals surface area (Å²) in [5.41, 5.74) is 0. The summed E-state index contributed by atoms with van der Waals surface area (Å²) in [6, 6.07) is 3.96. The number of nitrogens with one attached hydrogen (secondary N) is 2. The van der Waals surface area contributed by atoms with Crippen LogP contribution in [0.4, 0.5) is 0 Å². The van der Waals surface area contributed by atoms with Crippen molar-refractivity contribution in [1.82, 2.24) is 10.6 Å². The highest BCUT2D eigenvalue weighted by Gasteiger charge is 2.41. The molecule has 3 N–H and O–H groups in total.